The molecule has 2 aromatic rings. The molecule has 2 rings (SSSR count). The molecule has 0 aliphatic heterocycles. The van der Waals surface area contributed by atoms with Crippen LogP contribution in [0.4, 0.5) is 0 Å². The molecule has 0 saturated carbocycles. The molecule has 0 unspecified atom stereocenters. The Morgan fingerprint density at radius 2 is 1.81 bits per heavy atom. The molecule has 0 aromatic heterocycles. The number of benzene rings is 1. The quantitative estimate of drug-likeness (QED) is 0.408. The minimum absolute atomic E-state index is 0. The van der Waals surface area contributed by atoms with Crippen LogP contribution in [0.15, 0.2) is 24.3 Å². The number of aryl methyl sites for hydroxylation is 2. The van der Waals surface area contributed by atoms with Crippen LogP contribution < -0.4 is 24.8 Å². The number of hydrogen-bond acceptors (Lipinski definition) is 0. The summed E-state index contributed by atoms with van der Waals surface area (Å²) in [6.07, 6.45) is 0. The molecule has 0 nitrogen and oxygen atoms in total. The smallest absolute Gasteiger partial charge is 1.00 e. The van der Waals surface area contributed by atoms with Gasteiger partial charge in [0, 0.05) is 5.88 Å². The van der Waals surface area contributed by atoms with Gasteiger partial charge in [0.1, 0.15) is 0 Å². The molecule has 0 N–H and O–H groups in total. The monoisotopic (exact) mass is 351 g/mol. The average molecular weight is 354 g/mol. The Morgan fingerprint density at radius 1 is 1.19 bits per heavy atom. The normalized spacial score (nSPS) is 8.94. The molecular formula is C12H12Cl3Zr. The first-order valence-electron chi connectivity index (χ1n) is 4.44. The second kappa shape index (κ2) is 7.82. The Kier molecular flexibility index (Phi) is 9.26. The molecule has 0 aliphatic rings. The van der Waals surface area contributed by atoms with Crippen LogP contribution in [0.3, 0.4) is 0 Å². The van der Waals surface area contributed by atoms with E-state index in [0.717, 1.165) is 0 Å². The van der Waals surface area contributed by atoms with Crippen LogP contribution in [0, 0.1) is 13.8 Å². The topological polar surface area (TPSA) is 0 Å². The first kappa shape index (κ1) is 18.9. The predicted molar refractivity (Wildman–Crippen MR) is 58.6 cm³/mol. The van der Waals surface area contributed by atoms with Gasteiger partial charge in [0.05, 0.1) is 0 Å². The van der Waals surface area contributed by atoms with E-state index in [4.69, 9.17) is 11.6 Å². The van der Waals surface area contributed by atoms with Gasteiger partial charge < -0.3 is 24.8 Å². The molecule has 0 atom stereocenters. The maximum absolute atomic E-state index is 5.87. The summed E-state index contributed by atoms with van der Waals surface area (Å²) < 4.78 is 0. The summed E-state index contributed by atoms with van der Waals surface area (Å²) in [5.74, 6) is 0.597. The Morgan fingerprint density at radius 3 is 2.38 bits per heavy atom. The first-order valence-corrected chi connectivity index (χ1v) is 4.97. The maximum Gasteiger partial charge on any atom is 3.00 e. The summed E-state index contributed by atoms with van der Waals surface area (Å²) in [4.78, 5) is 0. The first-order chi connectivity index (χ1) is 6.22. The third kappa shape index (κ3) is 3.54. The number of rotatable bonds is 1. The van der Waals surface area contributed by atoms with Gasteiger partial charge in [0.15, 0.2) is 0 Å². The van der Waals surface area contributed by atoms with Crippen molar-refractivity contribution < 1.29 is 51.0 Å². The molecule has 0 amide bonds. The summed E-state index contributed by atoms with van der Waals surface area (Å²) in [6.45, 7) is 4.26. The van der Waals surface area contributed by atoms with Gasteiger partial charge in [0.2, 0.25) is 0 Å². The van der Waals surface area contributed by atoms with E-state index in [9.17, 15) is 0 Å². The van der Waals surface area contributed by atoms with Crippen molar-refractivity contribution in [1.82, 2.24) is 0 Å². The van der Waals surface area contributed by atoms with Crippen molar-refractivity contribution in [3.05, 3.63) is 41.0 Å². The molecule has 16 heavy (non-hydrogen) atoms. The molecule has 0 aliphatic carbocycles. The van der Waals surface area contributed by atoms with Crippen molar-refractivity contribution in [2.75, 3.05) is 0 Å². The standard InChI is InChI=1S/C12H12Cl.2ClH.Zr/c1-8-5-11-9(2)3-4-10(7-13)12(11)6-8;;;/h3-6H,7H2,1-2H3;2*1H;/q-1;;;+3/p-2. The minimum atomic E-state index is 0. The van der Waals surface area contributed by atoms with E-state index in [2.05, 4.69) is 38.1 Å². The molecular weight excluding hydrogens is 342 g/mol. The van der Waals surface area contributed by atoms with E-state index in [-0.39, 0.29) is 51.0 Å². The summed E-state index contributed by atoms with van der Waals surface area (Å²) >= 11 is 5.87. The van der Waals surface area contributed by atoms with Gasteiger partial charge in [-0.15, -0.1) is 45.6 Å². The fourth-order valence-electron chi connectivity index (χ4n) is 1.77. The molecule has 0 spiro atoms. The van der Waals surface area contributed by atoms with Crippen LogP contribution in [-0.4, -0.2) is 0 Å². The van der Waals surface area contributed by atoms with Crippen LogP contribution in [0.5, 0.6) is 0 Å². The molecule has 0 bridgehead atoms. The third-order valence-electron chi connectivity index (χ3n) is 2.48. The Balaban J connectivity index is 0. The molecule has 1 radical (unpaired) electrons. The summed E-state index contributed by atoms with van der Waals surface area (Å²) in [6, 6.07) is 8.68. The number of fused-ring (bicyclic) bond motifs is 1. The van der Waals surface area contributed by atoms with Crippen molar-refractivity contribution in [2.24, 2.45) is 0 Å². The van der Waals surface area contributed by atoms with Gasteiger partial charge in [-0.25, -0.2) is 0 Å². The summed E-state index contributed by atoms with van der Waals surface area (Å²) in [7, 11) is 0. The maximum atomic E-state index is 5.87. The Bertz CT molecular complexity index is 449. The molecule has 0 heterocycles. The van der Waals surface area contributed by atoms with Crippen LogP contribution in [0.25, 0.3) is 10.8 Å². The van der Waals surface area contributed by atoms with Crippen LogP contribution >= 0.6 is 11.6 Å². The third-order valence-corrected chi connectivity index (χ3v) is 2.77. The van der Waals surface area contributed by atoms with Crippen LogP contribution in [-0.2, 0) is 32.1 Å². The fraction of sp³-hybridized carbons (Fsp3) is 0.250. The summed E-state index contributed by atoms with van der Waals surface area (Å²) in [5, 5.41) is 2.66. The van der Waals surface area contributed by atoms with E-state index in [0.29, 0.717) is 5.88 Å². The van der Waals surface area contributed by atoms with Gasteiger partial charge in [0.25, 0.3) is 0 Å². The second-order valence-electron chi connectivity index (χ2n) is 3.54. The van der Waals surface area contributed by atoms with Crippen molar-refractivity contribution in [2.45, 2.75) is 19.7 Å². The minimum Gasteiger partial charge on any atom is -1.00 e. The van der Waals surface area contributed by atoms with E-state index in [1.54, 1.807) is 0 Å². The van der Waals surface area contributed by atoms with Gasteiger partial charge in [-0.05, 0) is 0 Å². The van der Waals surface area contributed by atoms with Gasteiger partial charge >= 0.3 is 26.2 Å². The van der Waals surface area contributed by atoms with Crippen molar-refractivity contribution in [1.29, 1.82) is 0 Å². The van der Waals surface area contributed by atoms with E-state index in [1.165, 1.54) is 27.5 Å². The zero-order valence-electron chi connectivity index (χ0n) is 9.15. The molecule has 4 heteroatoms. The summed E-state index contributed by atoms with van der Waals surface area (Å²) in [5.41, 5.74) is 3.88. The van der Waals surface area contributed by atoms with Crippen LogP contribution in [0.1, 0.15) is 16.7 Å². The van der Waals surface area contributed by atoms with Crippen molar-refractivity contribution in [3.8, 4) is 0 Å². The zero-order chi connectivity index (χ0) is 9.42. The fourth-order valence-corrected chi connectivity index (χ4v) is 2.00. The SMILES string of the molecule is Cc1cc2c(CCl)ccc(C)c2[cH-]1.[Cl-].[Cl-].[Zr+3]. The Labute approximate surface area is 133 Å². The largest absolute Gasteiger partial charge is 3.00 e. The zero-order valence-corrected chi connectivity index (χ0v) is 13.9. The molecule has 2 aromatic carbocycles. The molecule has 0 fully saturated rings. The van der Waals surface area contributed by atoms with Crippen molar-refractivity contribution >= 4 is 22.4 Å². The number of halogens is 3. The number of hydrogen-bond donors (Lipinski definition) is 0. The van der Waals surface area contributed by atoms with Gasteiger partial charge in [-0.2, -0.15) is 6.07 Å². The van der Waals surface area contributed by atoms with Gasteiger partial charge in [-0.1, -0.05) is 25.5 Å². The molecule has 0 saturated heterocycles. The molecule has 85 valence electrons. The Hall–Kier alpha value is 0.583. The average Bonchev–Trinajstić information content (AvgIpc) is 2.48. The number of alkyl halides is 1. The van der Waals surface area contributed by atoms with E-state index < -0.39 is 0 Å². The van der Waals surface area contributed by atoms with E-state index in [1.807, 2.05) is 0 Å². The van der Waals surface area contributed by atoms with Crippen LogP contribution in [0.2, 0.25) is 0 Å². The van der Waals surface area contributed by atoms with Crippen molar-refractivity contribution in [3.63, 3.8) is 0 Å². The second-order valence-corrected chi connectivity index (χ2v) is 3.80. The predicted octanol–water partition coefficient (Wildman–Crippen LogP) is -2.08. The van der Waals surface area contributed by atoms with E-state index >= 15 is 0 Å². The van der Waals surface area contributed by atoms with Gasteiger partial charge in [-0.3, -0.25) is 0 Å².